The normalized spacial score (nSPS) is 13.1. The Morgan fingerprint density at radius 3 is 2.83 bits per heavy atom. The Morgan fingerprint density at radius 2 is 2.17 bits per heavy atom. The second-order valence-electron chi connectivity index (χ2n) is 4.69. The van der Waals surface area contributed by atoms with E-state index in [0.717, 1.165) is 6.54 Å². The van der Waals surface area contributed by atoms with E-state index in [2.05, 4.69) is 23.1 Å². The third-order valence-electron chi connectivity index (χ3n) is 2.91. The second-order valence-corrected chi connectivity index (χ2v) is 5.85. The topological polar surface area (TPSA) is 40.5 Å². The van der Waals surface area contributed by atoms with E-state index in [1.54, 1.807) is 18.3 Å². The first kappa shape index (κ1) is 13.1. The smallest absolute Gasteiger partial charge is 0.307 e. The molecule has 0 spiro atoms. The molecule has 0 aliphatic carbocycles. The monoisotopic (exact) mass is 263 g/mol. The van der Waals surface area contributed by atoms with Gasteiger partial charge in [0.2, 0.25) is 0 Å². The first-order chi connectivity index (χ1) is 8.56. The van der Waals surface area contributed by atoms with Crippen LogP contribution in [0.2, 0.25) is 0 Å². The van der Waals surface area contributed by atoms with Crippen molar-refractivity contribution in [2.45, 2.75) is 13.5 Å². The van der Waals surface area contributed by atoms with Crippen molar-refractivity contribution in [3.63, 3.8) is 0 Å². The summed E-state index contributed by atoms with van der Waals surface area (Å²) in [5.41, 5.74) is 0. The highest BCUT2D eigenvalue weighted by atomic mass is 32.1. The quantitative estimate of drug-likeness (QED) is 0.901. The second kappa shape index (κ2) is 5.50. The van der Waals surface area contributed by atoms with Crippen molar-refractivity contribution in [2.75, 3.05) is 13.6 Å². The van der Waals surface area contributed by atoms with Crippen LogP contribution in [-0.2, 0) is 11.3 Å². The fourth-order valence-corrected chi connectivity index (χ4v) is 3.14. The van der Waals surface area contributed by atoms with Gasteiger partial charge in [0.05, 0.1) is 5.92 Å². The molecule has 1 aromatic carbocycles. The lowest BCUT2D eigenvalue weighted by molar-refractivity contribution is -0.141. The largest absolute Gasteiger partial charge is 0.481 e. The van der Waals surface area contributed by atoms with Crippen molar-refractivity contribution in [3.05, 3.63) is 35.2 Å². The van der Waals surface area contributed by atoms with Gasteiger partial charge in [-0.3, -0.25) is 4.79 Å². The fraction of sp³-hybridized carbons (Fsp3) is 0.357. The van der Waals surface area contributed by atoms with Crippen LogP contribution in [-0.4, -0.2) is 29.6 Å². The van der Waals surface area contributed by atoms with Crippen LogP contribution in [0.3, 0.4) is 0 Å². The molecule has 0 radical (unpaired) electrons. The SMILES string of the molecule is CC(CN(C)Cc1cc2ccccc2s1)C(=O)O. The van der Waals surface area contributed by atoms with E-state index in [1.807, 2.05) is 19.2 Å². The lowest BCUT2D eigenvalue weighted by Gasteiger charge is -2.17. The number of hydrogen-bond acceptors (Lipinski definition) is 3. The van der Waals surface area contributed by atoms with Crippen molar-refractivity contribution in [3.8, 4) is 0 Å². The predicted molar refractivity (Wildman–Crippen MR) is 75.0 cm³/mol. The van der Waals surface area contributed by atoms with Crippen molar-refractivity contribution in [2.24, 2.45) is 5.92 Å². The lowest BCUT2D eigenvalue weighted by atomic mass is 10.2. The van der Waals surface area contributed by atoms with Crippen LogP contribution in [0.25, 0.3) is 10.1 Å². The van der Waals surface area contributed by atoms with Gasteiger partial charge in [0.25, 0.3) is 0 Å². The first-order valence-corrected chi connectivity index (χ1v) is 6.76. The number of carboxylic acids is 1. The maximum absolute atomic E-state index is 10.8. The highest BCUT2D eigenvalue weighted by molar-refractivity contribution is 7.19. The number of hydrogen-bond donors (Lipinski definition) is 1. The van der Waals surface area contributed by atoms with E-state index in [4.69, 9.17) is 5.11 Å². The number of nitrogens with zero attached hydrogens (tertiary/aromatic N) is 1. The van der Waals surface area contributed by atoms with Crippen LogP contribution in [0.5, 0.6) is 0 Å². The van der Waals surface area contributed by atoms with Gasteiger partial charge in [0, 0.05) is 22.7 Å². The summed E-state index contributed by atoms with van der Waals surface area (Å²) in [6.45, 7) is 3.12. The molecule has 1 aromatic heterocycles. The molecule has 0 aliphatic heterocycles. The van der Waals surface area contributed by atoms with Gasteiger partial charge in [-0.15, -0.1) is 11.3 Å². The Bertz CT molecular complexity index is 516. The van der Waals surface area contributed by atoms with Crippen molar-refractivity contribution in [1.82, 2.24) is 4.90 Å². The fourth-order valence-electron chi connectivity index (χ4n) is 1.99. The number of rotatable bonds is 5. The molecule has 0 fully saturated rings. The summed E-state index contributed by atoms with van der Waals surface area (Å²) < 4.78 is 1.28. The van der Waals surface area contributed by atoms with Crippen LogP contribution in [0.1, 0.15) is 11.8 Å². The van der Waals surface area contributed by atoms with E-state index in [1.165, 1.54) is 15.0 Å². The highest BCUT2D eigenvalue weighted by Gasteiger charge is 2.14. The molecule has 0 saturated heterocycles. The van der Waals surface area contributed by atoms with E-state index in [9.17, 15) is 4.79 Å². The summed E-state index contributed by atoms with van der Waals surface area (Å²) >= 11 is 1.77. The Morgan fingerprint density at radius 1 is 1.44 bits per heavy atom. The summed E-state index contributed by atoms with van der Waals surface area (Å²) in [7, 11) is 1.96. The number of thiophene rings is 1. The van der Waals surface area contributed by atoms with Gasteiger partial charge in [-0.1, -0.05) is 25.1 Å². The number of aliphatic carboxylic acids is 1. The van der Waals surface area contributed by atoms with Gasteiger partial charge >= 0.3 is 5.97 Å². The van der Waals surface area contributed by atoms with Gasteiger partial charge in [-0.25, -0.2) is 0 Å². The summed E-state index contributed by atoms with van der Waals surface area (Å²) in [6.07, 6.45) is 0. The molecule has 1 unspecified atom stereocenters. The molecule has 1 heterocycles. The van der Waals surface area contributed by atoms with Gasteiger partial charge in [-0.05, 0) is 24.6 Å². The zero-order valence-electron chi connectivity index (χ0n) is 10.6. The van der Waals surface area contributed by atoms with Crippen LogP contribution in [0.15, 0.2) is 30.3 Å². The molecule has 1 atom stereocenters. The predicted octanol–water partition coefficient (Wildman–Crippen LogP) is 3.05. The third-order valence-corrected chi connectivity index (χ3v) is 4.01. The standard InChI is InChI=1S/C14H17NO2S/c1-10(14(16)17)8-15(2)9-12-7-11-5-3-4-6-13(11)18-12/h3-7,10H,8-9H2,1-2H3,(H,16,17). The third kappa shape index (κ3) is 3.09. The van der Waals surface area contributed by atoms with Gasteiger partial charge in [-0.2, -0.15) is 0 Å². The average molecular weight is 263 g/mol. The molecule has 0 aliphatic rings. The van der Waals surface area contributed by atoms with Crippen LogP contribution in [0.4, 0.5) is 0 Å². The summed E-state index contributed by atoms with van der Waals surface area (Å²) in [6, 6.07) is 10.5. The molecule has 4 heteroatoms. The van der Waals surface area contributed by atoms with Crippen LogP contribution < -0.4 is 0 Å². The lowest BCUT2D eigenvalue weighted by Crippen LogP contribution is -2.27. The van der Waals surface area contributed by atoms with Gasteiger partial charge in [0.1, 0.15) is 0 Å². The van der Waals surface area contributed by atoms with Gasteiger partial charge < -0.3 is 10.0 Å². The molecule has 18 heavy (non-hydrogen) atoms. The van der Waals surface area contributed by atoms with Gasteiger partial charge in [0.15, 0.2) is 0 Å². The Balaban J connectivity index is 2.02. The van der Waals surface area contributed by atoms with E-state index in [-0.39, 0.29) is 5.92 Å². The number of carboxylic acid groups (broad SMARTS) is 1. The number of carbonyl (C=O) groups is 1. The van der Waals surface area contributed by atoms with Crippen molar-refractivity contribution >= 4 is 27.4 Å². The minimum atomic E-state index is -0.738. The van der Waals surface area contributed by atoms with E-state index in [0.29, 0.717) is 6.54 Å². The Labute approximate surface area is 111 Å². The summed E-state index contributed by atoms with van der Waals surface area (Å²) in [4.78, 5) is 14.1. The van der Waals surface area contributed by atoms with Crippen molar-refractivity contribution in [1.29, 1.82) is 0 Å². The number of benzene rings is 1. The molecular weight excluding hydrogens is 246 g/mol. The summed E-state index contributed by atoms with van der Waals surface area (Å²) in [5, 5.41) is 10.1. The highest BCUT2D eigenvalue weighted by Crippen LogP contribution is 2.26. The Kier molecular flexibility index (Phi) is 3.99. The van der Waals surface area contributed by atoms with Crippen LogP contribution >= 0.6 is 11.3 Å². The minimum absolute atomic E-state index is 0.329. The molecule has 1 N–H and O–H groups in total. The molecule has 0 bridgehead atoms. The number of fused-ring (bicyclic) bond motifs is 1. The average Bonchev–Trinajstić information content (AvgIpc) is 2.70. The maximum Gasteiger partial charge on any atom is 0.307 e. The van der Waals surface area contributed by atoms with E-state index >= 15 is 0 Å². The maximum atomic E-state index is 10.8. The zero-order valence-corrected chi connectivity index (χ0v) is 11.4. The summed E-state index contributed by atoms with van der Waals surface area (Å²) in [5.74, 6) is -1.07. The molecule has 2 rings (SSSR count). The molecule has 96 valence electrons. The van der Waals surface area contributed by atoms with E-state index < -0.39 is 5.97 Å². The molecule has 3 nitrogen and oxygen atoms in total. The molecule has 0 saturated carbocycles. The molecular formula is C14H17NO2S. The molecule has 2 aromatic rings. The first-order valence-electron chi connectivity index (χ1n) is 5.95. The Hall–Kier alpha value is -1.39. The van der Waals surface area contributed by atoms with Crippen LogP contribution in [0, 0.1) is 5.92 Å². The van der Waals surface area contributed by atoms with Crippen molar-refractivity contribution < 1.29 is 9.90 Å². The zero-order chi connectivity index (χ0) is 13.1. The minimum Gasteiger partial charge on any atom is -0.481 e. The molecule has 0 amide bonds.